The molecule has 2 aliphatic heterocycles. The number of hydrogen-bond donors (Lipinski definition) is 2. The van der Waals surface area contributed by atoms with Crippen LogP contribution in [-0.4, -0.2) is 52.7 Å². The third-order valence-corrected chi connectivity index (χ3v) is 7.71. The number of amides is 1. The van der Waals surface area contributed by atoms with Crippen molar-refractivity contribution < 1.29 is 19.0 Å². The van der Waals surface area contributed by atoms with Gasteiger partial charge in [-0.25, -0.2) is 4.98 Å². The Morgan fingerprint density at radius 1 is 0.946 bits per heavy atom. The summed E-state index contributed by atoms with van der Waals surface area (Å²) in [5.41, 5.74) is 7.79. The van der Waals surface area contributed by atoms with Crippen LogP contribution >= 0.6 is 0 Å². The van der Waals surface area contributed by atoms with E-state index in [1.807, 2.05) is 25.3 Å². The van der Waals surface area contributed by atoms with E-state index in [2.05, 4.69) is 44.8 Å². The SMILES string of the molecule is C[C@@H]1CNC(=O)c2ccc(-c3[nH]nc4ncc(-c5ccc6c(c5)CCC5(CC6)OCCO5)cc34)cc2O1. The summed E-state index contributed by atoms with van der Waals surface area (Å²) in [7, 11) is 0. The molecule has 1 aliphatic carbocycles. The molecule has 188 valence electrons. The molecule has 8 nitrogen and oxygen atoms in total. The summed E-state index contributed by atoms with van der Waals surface area (Å²) in [6.45, 7) is 3.79. The molecule has 8 heteroatoms. The Morgan fingerprint density at radius 2 is 1.76 bits per heavy atom. The Labute approximate surface area is 214 Å². The van der Waals surface area contributed by atoms with Gasteiger partial charge in [0.1, 0.15) is 11.9 Å². The molecule has 37 heavy (non-hydrogen) atoms. The number of hydrogen-bond acceptors (Lipinski definition) is 6. The molecule has 1 amide bonds. The van der Waals surface area contributed by atoms with E-state index in [1.165, 1.54) is 11.1 Å². The van der Waals surface area contributed by atoms with Gasteiger partial charge in [0.15, 0.2) is 11.4 Å². The first-order valence-corrected chi connectivity index (χ1v) is 12.9. The fraction of sp³-hybridized carbons (Fsp3) is 0.345. The first-order valence-electron chi connectivity index (χ1n) is 12.9. The molecule has 4 heterocycles. The fourth-order valence-electron chi connectivity index (χ4n) is 5.67. The number of rotatable bonds is 2. The van der Waals surface area contributed by atoms with Crippen LogP contribution in [0, 0.1) is 0 Å². The van der Waals surface area contributed by atoms with Gasteiger partial charge in [-0.1, -0.05) is 24.3 Å². The third kappa shape index (κ3) is 3.97. The van der Waals surface area contributed by atoms with Crippen molar-refractivity contribution in [2.24, 2.45) is 0 Å². The predicted molar refractivity (Wildman–Crippen MR) is 138 cm³/mol. The Bertz CT molecular complexity index is 1520. The summed E-state index contributed by atoms with van der Waals surface area (Å²) in [5.74, 6) is 0.0386. The molecule has 1 saturated heterocycles. The van der Waals surface area contributed by atoms with Gasteiger partial charge in [-0.05, 0) is 54.7 Å². The molecule has 1 fully saturated rings. The summed E-state index contributed by atoms with van der Waals surface area (Å²) < 4.78 is 18.0. The number of carbonyl (C=O) groups is 1. The molecule has 2 aromatic heterocycles. The lowest BCUT2D eigenvalue weighted by Gasteiger charge is -2.25. The summed E-state index contributed by atoms with van der Waals surface area (Å²) in [5, 5.41) is 11.4. The maximum Gasteiger partial charge on any atom is 0.255 e. The smallest absolute Gasteiger partial charge is 0.255 e. The zero-order valence-electron chi connectivity index (χ0n) is 20.7. The number of aryl methyl sites for hydroxylation is 2. The molecule has 7 rings (SSSR count). The highest BCUT2D eigenvalue weighted by molar-refractivity contribution is 5.99. The van der Waals surface area contributed by atoms with Gasteiger partial charge in [0, 0.05) is 35.6 Å². The van der Waals surface area contributed by atoms with E-state index in [-0.39, 0.29) is 12.0 Å². The first-order chi connectivity index (χ1) is 18.1. The number of pyridine rings is 1. The number of aromatic amines is 1. The van der Waals surface area contributed by atoms with Gasteiger partial charge >= 0.3 is 0 Å². The monoisotopic (exact) mass is 496 g/mol. The van der Waals surface area contributed by atoms with Crippen LogP contribution in [0.3, 0.4) is 0 Å². The molecular formula is C29H28N4O4. The van der Waals surface area contributed by atoms with Crippen LogP contribution in [0.15, 0.2) is 48.7 Å². The number of fused-ring (bicyclic) bond motifs is 3. The molecule has 0 radical (unpaired) electrons. The molecule has 2 N–H and O–H groups in total. The van der Waals surface area contributed by atoms with E-state index in [0.717, 1.165) is 53.5 Å². The van der Waals surface area contributed by atoms with Gasteiger partial charge < -0.3 is 19.5 Å². The van der Waals surface area contributed by atoms with E-state index >= 15 is 0 Å². The minimum absolute atomic E-state index is 0.109. The van der Waals surface area contributed by atoms with Crippen molar-refractivity contribution in [3.8, 4) is 28.1 Å². The molecule has 1 spiro atoms. The first kappa shape index (κ1) is 22.4. The predicted octanol–water partition coefficient (Wildman–Crippen LogP) is 4.42. The van der Waals surface area contributed by atoms with Crippen LogP contribution in [0.4, 0.5) is 0 Å². The van der Waals surface area contributed by atoms with Crippen LogP contribution in [0.25, 0.3) is 33.4 Å². The lowest BCUT2D eigenvalue weighted by molar-refractivity contribution is -0.164. The van der Waals surface area contributed by atoms with Gasteiger partial charge in [0.05, 0.1) is 31.0 Å². The molecule has 4 aromatic rings. The summed E-state index contributed by atoms with van der Waals surface area (Å²) >= 11 is 0. The molecule has 1 atom stereocenters. The van der Waals surface area contributed by atoms with Crippen molar-refractivity contribution in [1.82, 2.24) is 20.5 Å². The van der Waals surface area contributed by atoms with Crippen molar-refractivity contribution in [2.45, 2.75) is 44.5 Å². The lowest BCUT2D eigenvalue weighted by Crippen LogP contribution is -2.30. The van der Waals surface area contributed by atoms with Gasteiger partial charge in [-0.3, -0.25) is 9.89 Å². The van der Waals surface area contributed by atoms with Crippen molar-refractivity contribution in [3.05, 3.63) is 65.4 Å². The zero-order valence-corrected chi connectivity index (χ0v) is 20.7. The summed E-state index contributed by atoms with van der Waals surface area (Å²) in [6, 6.07) is 14.4. The maximum absolute atomic E-state index is 12.4. The summed E-state index contributed by atoms with van der Waals surface area (Å²) in [6.07, 6.45) is 5.43. The maximum atomic E-state index is 12.4. The molecule has 0 bridgehead atoms. The molecule has 0 unspecified atom stereocenters. The normalized spacial score (nSPS) is 20.6. The average Bonchev–Trinajstić information content (AvgIpc) is 3.48. The van der Waals surface area contributed by atoms with E-state index in [9.17, 15) is 4.79 Å². The van der Waals surface area contributed by atoms with Crippen LogP contribution in [0.5, 0.6) is 5.75 Å². The Balaban J connectivity index is 1.23. The highest BCUT2D eigenvalue weighted by Gasteiger charge is 2.37. The number of benzene rings is 2. The molecular weight excluding hydrogens is 468 g/mol. The van der Waals surface area contributed by atoms with E-state index in [4.69, 9.17) is 14.2 Å². The highest BCUT2D eigenvalue weighted by atomic mass is 16.7. The van der Waals surface area contributed by atoms with E-state index < -0.39 is 5.79 Å². The van der Waals surface area contributed by atoms with Crippen molar-refractivity contribution in [1.29, 1.82) is 0 Å². The quantitative estimate of drug-likeness (QED) is 0.426. The van der Waals surface area contributed by atoms with Crippen LogP contribution < -0.4 is 10.1 Å². The van der Waals surface area contributed by atoms with Gasteiger partial charge in [-0.2, -0.15) is 5.10 Å². The Morgan fingerprint density at radius 3 is 2.62 bits per heavy atom. The number of carbonyl (C=O) groups excluding carboxylic acids is 1. The zero-order chi connectivity index (χ0) is 25.0. The van der Waals surface area contributed by atoms with Gasteiger partial charge in [-0.15, -0.1) is 0 Å². The molecule has 0 saturated carbocycles. The van der Waals surface area contributed by atoms with E-state index in [1.54, 1.807) is 6.07 Å². The Hall–Kier alpha value is -3.75. The topological polar surface area (TPSA) is 98.4 Å². The van der Waals surface area contributed by atoms with Crippen LogP contribution in [0.1, 0.15) is 41.3 Å². The number of H-pyrrole nitrogens is 1. The highest BCUT2D eigenvalue weighted by Crippen LogP contribution is 2.37. The van der Waals surface area contributed by atoms with Crippen molar-refractivity contribution >= 4 is 16.9 Å². The number of nitrogens with one attached hydrogen (secondary N) is 2. The molecule has 2 aromatic carbocycles. The van der Waals surface area contributed by atoms with E-state index in [0.29, 0.717) is 36.7 Å². The molecule has 3 aliphatic rings. The Kier molecular flexibility index (Phi) is 5.26. The number of aromatic nitrogens is 3. The standard InChI is InChI=1S/C29H28N4O4/c1-17-15-31-28(34)23-5-4-21(14-25(23)37-17)26-24-13-22(16-30-27(24)33-32-26)19-3-2-18-6-8-29(35-10-11-36-29)9-7-20(18)12-19/h2-5,12-14,16-17H,6-11,15H2,1H3,(H,31,34)(H,30,32,33)/t17-/m1/s1. The van der Waals surface area contributed by atoms with Gasteiger partial charge in [0.25, 0.3) is 5.91 Å². The second kappa shape index (κ2) is 8.68. The average molecular weight is 497 g/mol. The van der Waals surface area contributed by atoms with Crippen LogP contribution in [0.2, 0.25) is 0 Å². The summed E-state index contributed by atoms with van der Waals surface area (Å²) in [4.78, 5) is 17.1. The fourth-order valence-corrected chi connectivity index (χ4v) is 5.67. The van der Waals surface area contributed by atoms with Crippen molar-refractivity contribution in [2.75, 3.05) is 19.8 Å². The van der Waals surface area contributed by atoms with Gasteiger partial charge in [0.2, 0.25) is 0 Å². The third-order valence-electron chi connectivity index (χ3n) is 7.71. The lowest BCUT2D eigenvalue weighted by atomic mass is 9.96. The minimum Gasteiger partial charge on any atom is -0.488 e. The second-order valence-electron chi connectivity index (χ2n) is 10.1. The van der Waals surface area contributed by atoms with Crippen molar-refractivity contribution in [3.63, 3.8) is 0 Å². The second-order valence-corrected chi connectivity index (χ2v) is 10.1. The minimum atomic E-state index is -0.415. The van der Waals surface area contributed by atoms with Crippen LogP contribution in [-0.2, 0) is 22.3 Å². The number of nitrogens with zero attached hydrogens (tertiary/aromatic N) is 2. The largest absolute Gasteiger partial charge is 0.488 e. The number of ether oxygens (including phenoxy) is 3.